The summed E-state index contributed by atoms with van der Waals surface area (Å²) < 4.78 is 51.9. The van der Waals surface area contributed by atoms with E-state index in [0.29, 0.717) is 17.9 Å². The molecule has 1 saturated carbocycles. The molecule has 5 nitrogen and oxygen atoms in total. The molecular weight excluding hydrogens is 442 g/mol. The number of fused-ring (bicyclic) bond motifs is 1. The highest BCUT2D eigenvalue weighted by Gasteiger charge is 2.38. The average Bonchev–Trinajstić information content (AvgIpc) is 2.74. The van der Waals surface area contributed by atoms with E-state index < -0.39 is 19.9 Å². The molecule has 0 unspecified atom stereocenters. The summed E-state index contributed by atoms with van der Waals surface area (Å²) in [5, 5.41) is 1.64. The van der Waals surface area contributed by atoms with Crippen molar-refractivity contribution in [1.29, 1.82) is 0 Å². The molecule has 170 valence electrons. The largest absolute Gasteiger partial charge is 0.241 e. The summed E-state index contributed by atoms with van der Waals surface area (Å²) >= 11 is 0. The van der Waals surface area contributed by atoms with E-state index in [2.05, 4.69) is 4.72 Å². The lowest BCUT2D eigenvalue weighted by Crippen LogP contribution is -2.43. The highest BCUT2D eigenvalue weighted by Crippen LogP contribution is 2.43. The molecule has 0 saturated heterocycles. The topological polar surface area (TPSA) is 80.3 Å². The quantitative estimate of drug-likeness (QED) is 0.509. The van der Waals surface area contributed by atoms with Crippen molar-refractivity contribution in [2.24, 2.45) is 5.41 Å². The molecule has 1 aliphatic rings. The van der Waals surface area contributed by atoms with Crippen molar-refractivity contribution < 1.29 is 16.8 Å². The van der Waals surface area contributed by atoms with Crippen LogP contribution in [0, 0.1) is 5.41 Å². The second kappa shape index (κ2) is 8.96. The van der Waals surface area contributed by atoms with E-state index in [1.165, 1.54) is 6.26 Å². The molecule has 0 heterocycles. The molecule has 1 aliphatic carbocycles. The van der Waals surface area contributed by atoms with Gasteiger partial charge >= 0.3 is 0 Å². The fraction of sp³-hybridized carbons (Fsp3) is 0.360. The third-order valence-electron chi connectivity index (χ3n) is 6.45. The molecule has 0 amide bonds. The van der Waals surface area contributed by atoms with E-state index in [0.717, 1.165) is 47.6 Å². The number of sulfone groups is 1. The lowest BCUT2D eigenvalue weighted by molar-refractivity contribution is 0.139. The van der Waals surface area contributed by atoms with Gasteiger partial charge in [-0.05, 0) is 53.7 Å². The van der Waals surface area contributed by atoms with Crippen LogP contribution in [-0.2, 0) is 32.7 Å². The van der Waals surface area contributed by atoms with Crippen LogP contribution in [0.15, 0.2) is 71.6 Å². The van der Waals surface area contributed by atoms with E-state index >= 15 is 0 Å². The van der Waals surface area contributed by atoms with E-state index in [9.17, 15) is 16.8 Å². The Morgan fingerprint density at radius 2 is 1.50 bits per heavy atom. The van der Waals surface area contributed by atoms with Gasteiger partial charge in [-0.2, -0.15) is 0 Å². The predicted molar refractivity (Wildman–Crippen MR) is 129 cm³/mol. The Balaban J connectivity index is 1.45. The first-order chi connectivity index (χ1) is 15.2. The maximum atomic E-state index is 13.1. The molecule has 0 bridgehead atoms. The Bertz CT molecular complexity index is 1300. The van der Waals surface area contributed by atoms with Crippen molar-refractivity contribution in [3.63, 3.8) is 0 Å². The van der Waals surface area contributed by atoms with Gasteiger partial charge < -0.3 is 0 Å². The average molecular weight is 472 g/mol. The zero-order chi connectivity index (χ0) is 22.8. The summed E-state index contributed by atoms with van der Waals surface area (Å²) in [4.78, 5) is 0.320. The number of hydrogen-bond donors (Lipinski definition) is 1. The van der Waals surface area contributed by atoms with E-state index in [4.69, 9.17) is 0 Å². The maximum Gasteiger partial charge on any atom is 0.241 e. The van der Waals surface area contributed by atoms with Gasteiger partial charge in [-0.3, -0.25) is 0 Å². The van der Waals surface area contributed by atoms with Crippen LogP contribution in [0.25, 0.3) is 10.8 Å². The summed E-state index contributed by atoms with van der Waals surface area (Å²) in [6, 6.07) is 20.9. The standard InChI is InChI=1S/C25H29NO4S2/c1-31(27,28)17-14-20-10-12-21(13-11-20)18-25(15-5-16-25)19-26-32(29,30)24-9-4-7-22-6-2-3-8-23(22)24/h2-4,6-13,26H,5,14-19H2,1H3. The predicted octanol–water partition coefficient (Wildman–Crippen LogP) is 4.12. The third kappa shape index (κ3) is 5.39. The van der Waals surface area contributed by atoms with E-state index in [1.54, 1.807) is 12.1 Å². The van der Waals surface area contributed by atoms with Gasteiger partial charge in [0, 0.05) is 18.2 Å². The van der Waals surface area contributed by atoms with Crippen LogP contribution in [0.2, 0.25) is 0 Å². The monoisotopic (exact) mass is 471 g/mol. The number of benzene rings is 3. The molecule has 4 rings (SSSR count). The second-order valence-corrected chi connectivity index (χ2v) is 13.0. The smallest absolute Gasteiger partial charge is 0.229 e. The molecule has 0 aliphatic heterocycles. The first kappa shape index (κ1) is 23.0. The van der Waals surface area contributed by atoms with Crippen LogP contribution in [0.5, 0.6) is 0 Å². The Labute approximate surface area is 190 Å². The molecule has 1 fully saturated rings. The van der Waals surface area contributed by atoms with Gasteiger partial charge in [-0.25, -0.2) is 21.6 Å². The van der Waals surface area contributed by atoms with Crippen molar-refractivity contribution in [3.8, 4) is 0 Å². The molecular formula is C25H29NO4S2. The Morgan fingerprint density at radius 1 is 0.844 bits per heavy atom. The van der Waals surface area contributed by atoms with Crippen LogP contribution in [0.4, 0.5) is 0 Å². The van der Waals surface area contributed by atoms with Gasteiger partial charge in [-0.15, -0.1) is 0 Å². The van der Waals surface area contributed by atoms with E-state index in [-0.39, 0.29) is 11.2 Å². The van der Waals surface area contributed by atoms with Gasteiger partial charge in [0.1, 0.15) is 9.84 Å². The van der Waals surface area contributed by atoms with Gasteiger partial charge in [0.15, 0.2) is 0 Å². The van der Waals surface area contributed by atoms with Gasteiger partial charge in [0.05, 0.1) is 10.6 Å². The van der Waals surface area contributed by atoms with Crippen LogP contribution in [-0.4, -0.2) is 35.4 Å². The fourth-order valence-electron chi connectivity index (χ4n) is 4.41. The van der Waals surface area contributed by atoms with Crippen molar-refractivity contribution in [2.75, 3.05) is 18.6 Å². The molecule has 0 radical (unpaired) electrons. The SMILES string of the molecule is CS(=O)(=O)CCc1ccc(CC2(CNS(=O)(=O)c3cccc4ccccc34)CCC2)cc1. The molecule has 3 aromatic rings. The van der Waals surface area contributed by atoms with Crippen molar-refractivity contribution >= 4 is 30.6 Å². The summed E-state index contributed by atoms with van der Waals surface area (Å²) in [6.45, 7) is 0.411. The molecule has 0 atom stereocenters. The maximum absolute atomic E-state index is 13.1. The number of rotatable bonds is 9. The van der Waals surface area contributed by atoms with Crippen molar-refractivity contribution in [1.82, 2.24) is 4.72 Å². The van der Waals surface area contributed by atoms with Crippen molar-refractivity contribution in [2.45, 2.75) is 37.0 Å². The second-order valence-electron chi connectivity index (χ2n) is 9.03. The van der Waals surface area contributed by atoms with Gasteiger partial charge in [0.2, 0.25) is 10.0 Å². The molecule has 32 heavy (non-hydrogen) atoms. The normalized spacial score (nSPS) is 16.0. The minimum Gasteiger partial charge on any atom is -0.229 e. The van der Waals surface area contributed by atoms with Crippen LogP contribution in [0.3, 0.4) is 0 Å². The van der Waals surface area contributed by atoms with Crippen molar-refractivity contribution in [3.05, 3.63) is 77.9 Å². The first-order valence-electron chi connectivity index (χ1n) is 10.9. The highest BCUT2D eigenvalue weighted by molar-refractivity contribution is 7.90. The fourth-order valence-corrected chi connectivity index (χ4v) is 6.40. The number of nitrogens with one attached hydrogen (secondary N) is 1. The number of sulfonamides is 1. The zero-order valence-electron chi connectivity index (χ0n) is 18.3. The van der Waals surface area contributed by atoms with Crippen LogP contribution in [0.1, 0.15) is 30.4 Å². The lowest BCUT2D eigenvalue weighted by atomic mass is 9.65. The molecule has 0 spiro atoms. The molecule has 7 heteroatoms. The number of aryl methyl sites for hydroxylation is 1. The Kier molecular flexibility index (Phi) is 6.43. The van der Waals surface area contributed by atoms with Crippen LogP contribution >= 0.6 is 0 Å². The summed E-state index contributed by atoms with van der Waals surface area (Å²) in [6.07, 6.45) is 5.64. The van der Waals surface area contributed by atoms with Crippen LogP contribution < -0.4 is 4.72 Å². The minimum absolute atomic E-state index is 0.0775. The van der Waals surface area contributed by atoms with Gasteiger partial charge in [-0.1, -0.05) is 67.1 Å². The molecule has 1 N–H and O–H groups in total. The third-order valence-corrected chi connectivity index (χ3v) is 8.86. The van der Waals surface area contributed by atoms with E-state index in [1.807, 2.05) is 54.6 Å². The number of hydrogen-bond acceptors (Lipinski definition) is 4. The summed E-state index contributed by atoms with van der Waals surface area (Å²) in [7, 11) is -6.60. The summed E-state index contributed by atoms with van der Waals surface area (Å²) in [5.74, 6) is 0.145. The Hall–Kier alpha value is -2.22. The Morgan fingerprint density at radius 3 is 2.16 bits per heavy atom. The minimum atomic E-state index is -3.62. The zero-order valence-corrected chi connectivity index (χ0v) is 19.9. The van der Waals surface area contributed by atoms with Gasteiger partial charge in [0.25, 0.3) is 0 Å². The first-order valence-corrected chi connectivity index (χ1v) is 14.4. The molecule has 3 aromatic carbocycles. The molecule has 0 aromatic heterocycles. The summed E-state index contributed by atoms with van der Waals surface area (Å²) in [5.41, 5.74) is 2.07. The lowest BCUT2D eigenvalue weighted by Gasteiger charge is -2.42. The highest BCUT2D eigenvalue weighted by atomic mass is 32.2.